The highest BCUT2D eigenvalue weighted by Gasteiger charge is 2.14. The molecule has 0 aliphatic heterocycles. The molecule has 0 bridgehead atoms. The summed E-state index contributed by atoms with van der Waals surface area (Å²) in [6.45, 7) is 7.23. The molecule has 0 heterocycles. The van der Waals surface area contributed by atoms with E-state index in [-0.39, 0.29) is 12.5 Å². The van der Waals surface area contributed by atoms with E-state index in [0.717, 1.165) is 22.4 Å². The number of nitrogens with one attached hydrogen (secondary N) is 3. The Morgan fingerprint density at radius 1 is 0.816 bits per heavy atom. The van der Waals surface area contributed by atoms with E-state index >= 15 is 0 Å². The lowest BCUT2D eigenvalue weighted by atomic mass is 10.0. The van der Waals surface area contributed by atoms with Crippen molar-refractivity contribution in [1.29, 1.82) is 0 Å². The Balaban J connectivity index is 1.66. The van der Waals surface area contributed by atoms with Gasteiger partial charge in [0.05, 0.1) is 26.0 Å². The molecule has 0 radical (unpaired) electrons. The number of hydrogen-bond donors (Lipinski definition) is 4. The molecule has 202 valence electrons. The van der Waals surface area contributed by atoms with E-state index in [4.69, 9.17) is 19.9 Å². The first-order valence-corrected chi connectivity index (χ1v) is 12.6. The molecule has 0 saturated heterocycles. The lowest BCUT2D eigenvalue weighted by molar-refractivity contribution is 0.0950. The van der Waals surface area contributed by atoms with E-state index in [2.05, 4.69) is 16.0 Å². The minimum Gasteiger partial charge on any atom is -0.497 e. The number of methoxy groups -OCH3 is 1. The molecule has 3 aromatic rings. The summed E-state index contributed by atoms with van der Waals surface area (Å²) >= 11 is 0. The second kappa shape index (κ2) is 13.8. The number of nitrogen functional groups attached to an aromatic ring is 1. The Kier molecular flexibility index (Phi) is 10.2. The van der Waals surface area contributed by atoms with Crippen molar-refractivity contribution in [3.05, 3.63) is 76.9 Å². The zero-order valence-electron chi connectivity index (χ0n) is 22.4. The molecular formula is C29H36N4O5. The first-order valence-electron chi connectivity index (χ1n) is 12.6. The Bertz CT molecular complexity index is 1240. The average Bonchev–Trinajstić information content (AvgIpc) is 2.93. The van der Waals surface area contributed by atoms with Crippen LogP contribution in [0, 0.1) is 0 Å². The molecule has 38 heavy (non-hydrogen) atoms. The van der Waals surface area contributed by atoms with Crippen molar-refractivity contribution < 1.29 is 23.8 Å². The van der Waals surface area contributed by atoms with Gasteiger partial charge in [0.15, 0.2) is 0 Å². The minimum absolute atomic E-state index is 0.198. The van der Waals surface area contributed by atoms with Gasteiger partial charge in [0.25, 0.3) is 5.91 Å². The van der Waals surface area contributed by atoms with Gasteiger partial charge in [0, 0.05) is 36.0 Å². The number of rotatable bonds is 12. The monoisotopic (exact) mass is 520 g/mol. The van der Waals surface area contributed by atoms with Gasteiger partial charge in [-0.25, -0.2) is 4.79 Å². The van der Waals surface area contributed by atoms with Crippen LogP contribution in [0.1, 0.15) is 47.8 Å². The molecule has 3 aromatic carbocycles. The first-order chi connectivity index (χ1) is 18.4. The van der Waals surface area contributed by atoms with E-state index in [1.807, 2.05) is 51.1 Å². The lowest BCUT2D eigenvalue weighted by Gasteiger charge is -2.16. The summed E-state index contributed by atoms with van der Waals surface area (Å²) in [6, 6.07) is 15.9. The lowest BCUT2D eigenvalue weighted by Crippen LogP contribution is -2.29. The second-order valence-electron chi connectivity index (χ2n) is 8.43. The number of amides is 3. The standard InChI is InChI=1S/C29H36N4O5/c1-5-20-10-11-22(15-24(20)28(34)31-17-19-8-12-23(36-4)13-9-19)33-29(35)32-18-21-14-27(38-7-3)25(30)16-26(21)37-6-2/h8-16H,5-7,17-18,30H2,1-4H3,(H,31,34)(H2,32,33,35). The van der Waals surface area contributed by atoms with E-state index < -0.39 is 6.03 Å². The number of benzene rings is 3. The number of anilines is 2. The van der Waals surface area contributed by atoms with Crippen LogP contribution < -0.4 is 35.9 Å². The van der Waals surface area contributed by atoms with Crippen molar-refractivity contribution >= 4 is 23.3 Å². The third-order valence-electron chi connectivity index (χ3n) is 5.84. The number of aryl methyl sites for hydroxylation is 1. The molecule has 3 rings (SSSR count). The fourth-order valence-electron chi connectivity index (χ4n) is 3.87. The second-order valence-corrected chi connectivity index (χ2v) is 8.43. The number of nitrogens with two attached hydrogens (primary N) is 1. The van der Waals surface area contributed by atoms with Crippen molar-refractivity contribution in [1.82, 2.24) is 10.6 Å². The normalized spacial score (nSPS) is 10.4. The molecule has 0 aromatic heterocycles. The molecule has 5 N–H and O–H groups in total. The Morgan fingerprint density at radius 2 is 1.53 bits per heavy atom. The molecule has 0 atom stereocenters. The van der Waals surface area contributed by atoms with Crippen molar-refractivity contribution in [3.8, 4) is 17.2 Å². The molecule has 0 aliphatic rings. The third kappa shape index (κ3) is 7.55. The Morgan fingerprint density at radius 3 is 2.18 bits per heavy atom. The van der Waals surface area contributed by atoms with E-state index in [9.17, 15) is 9.59 Å². The maximum absolute atomic E-state index is 13.0. The molecule has 0 aliphatic carbocycles. The highest BCUT2D eigenvalue weighted by Crippen LogP contribution is 2.31. The predicted octanol–water partition coefficient (Wildman–Crippen LogP) is 4.89. The molecule has 0 unspecified atom stereocenters. The van der Waals surface area contributed by atoms with Gasteiger partial charge < -0.3 is 35.9 Å². The fraction of sp³-hybridized carbons (Fsp3) is 0.310. The van der Waals surface area contributed by atoms with Crippen LogP contribution in [0.3, 0.4) is 0 Å². The van der Waals surface area contributed by atoms with E-state index in [0.29, 0.717) is 54.6 Å². The zero-order valence-corrected chi connectivity index (χ0v) is 22.4. The Hall–Kier alpha value is -4.40. The van der Waals surface area contributed by atoms with Gasteiger partial charge in [-0.1, -0.05) is 25.1 Å². The SMILES string of the molecule is CCOc1cc(CNC(=O)Nc2ccc(CC)c(C(=O)NCc3ccc(OC)cc3)c2)c(OCC)cc1N. The molecule has 0 saturated carbocycles. The summed E-state index contributed by atoms with van der Waals surface area (Å²) in [5, 5.41) is 8.59. The minimum atomic E-state index is -0.420. The van der Waals surface area contributed by atoms with Crippen LogP contribution in [0.15, 0.2) is 54.6 Å². The van der Waals surface area contributed by atoms with E-state index in [1.54, 1.807) is 31.4 Å². The van der Waals surface area contributed by atoms with Gasteiger partial charge >= 0.3 is 6.03 Å². The summed E-state index contributed by atoms with van der Waals surface area (Å²) in [5.74, 6) is 1.66. The summed E-state index contributed by atoms with van der Waals surface area (Å²) in [5.41, 5.74) is 10.1. The number of urea groups is 1. The quantitative estimate of drug-likeness (QED) is 0.252. The third-order valence-corrected chi connectivity index (χ3v) is 5.84. The molecule has 0 spiro atoms. The van der Waals surface area contributed by atoms with Gasteiger partial charge in [-0.15, -0.1) is 0 Å². The first kappa shape index (κ1) is 28.2. The summed E-state index contributed by atoms with van der Waals surface area (Å²) in [6.07, 6.45) is 0.678. The molecule has 3 amide bonds. The van der Waals surface area contributed by atoms with Crippen LogP contribution in [0.2, 0.25) is 0 Å². The van der Waals surface area contributed by atoms with Gasteiger partial charge in [0.2, 0.25) is 0 Å². The highest BCUT2D eigenvalue weighted by atomic mass is 16.5. The topological polar surface area (TPSA) is 124 Å². The smallest absolute Gasteiger partial charge is 0.319 e. The van der Waals surface area contributed by atoms with Crippen LogP contribution in [0.25, 0.3) is 0 Å². The predicted molar refractivity (Wildman–Crippen MR) is 149 cm³/mol. The highest BCUT2D eigenvalue weighted by molar-refractivity contribution is 5.98. The van der Waals surface area contributed by atoms with Crippen molar-refractivity contribution in [2.45, 2.75) is 40.3 Å². The van der Waals surface area contributed by atoms with Crippen LogP contribution >= 0.6 is 0 Å². The van der Waals surface area contributed by atoms with Crippen LogP contribution in [-0.4, -0.2) is 32.3 Å². The number of carbonyl (C=O) groups excluding carboxylic acids is 2. The average molecular weight is 521 g/mol. The van der Waals surface area contributed by atoms with Gasteiger partial charge in [-0.2, -0.15) is 0 Å². The number of carbonyl (C=O) groups is 2. The van der Waals surface area contributed by atoms with Crippen LogP contribution in [-0.2, 0) is 19.5 Å². The zero-order chi connectivity index (χ0) is 27.5. The van der Waals surface area contributed by atoms with Gasteiger partial charge in [0.1, 0.15) is 17.2 Å². The van der Waals surface area contributed by atoms with Crippen LogP contribution in [0.4, 0.5) is 16.2 Å². The van der Waals surface area contributed by atoms with Gasteiger partial charge in [-0.3, -0.25) is 4.79 Å². The largest absolute Gasteiger partial charge is 0.497 e. The van der Waals surface area contributed by atoms with Crippen LogP contribution in [0.5, 0.6) is 17.2 Å². The molecule has 9 heteroatoms. The van der Waals surface area contributed by atoms with Crippen molar-refractivity contribution in [2.75, 3.05) is 31.4 Å². The number of hydrogen-bond acceptors (Lipinski definition) is 6. The molecular weight excluding hydrogens is 484 g/mol. The Labute approximate surface area is 223 Å². The number of ether oxygens (including phenoxy) is 3. The summed E-state index contributed by atoms with van der Waals surface area (Å²) in [4.78, 5) is 25.7. The molecule has 0 fully saturated rings. The summed E-state index contributed by atoms with van der Waals surface area (Å²) in [7, 11) is 1.61. The maximum Gasteiger partial charge on any atom is 0.319 e. The van der Waals surface area contributed by atoms with Crippen molar-refractivity contribution in [2.24, 2.45) is 0 Å². The van der Waals surface area contributed by atoms with E-state index in [1.165, 1.54) is 0 Å². The fourth-order valence-corrected chi connectivity index (χ4v) is 3.87. The van der Waals surface area contributed by atoms with Gasteiger partial charge in [-0.05, 0) is 61.7 Å². The van der Waals surface area contributed by atoms with Crippen molar-refractivity contribution in [3.63, 3.8) is 0 Å². The summed E-state index contributed by atoms with van der Waals surface area (Å²) < 4.78 is 16.4. The maximum atomic E-state index is 13.0. The molecule has 9 nitrogen and oxygen atoms in total.